The predicted molar refractivity (Wildman–Crippen MR) is 138 cm³/mol. The zero-order valence-corrected chi connectivity index (χ0v) is 20.6. The molecule has 1 saturated heterocycles. The normalized spacial score (nSPS) is 17.2. The van der Waals surface area contributed by atoms with Gasteiger partial charge in [-0.15, -0.1) is 0 Å². The molecule has 0 spiro atoms. The minimum Gasteiger partial charge on any atom is -0.507 e. The van der Waals surface area contributed by atoms with Crippen LogP contribution in [0.25, 0.3) is 16.0 Å². The van der Waals surface area contributed by atoms with Crippen LogP contribution in [0, 0.1) is 5.82 Å². The maximum absolute atomic E-state index is 13.8. The summed E-state index contributed by atoms with van der Waals surface area (Å²) in [4.78, 5) is 32.4. The number of hydrogen-bond donors (Lipinski definition) is 1. The number of halogens is 2. The van der Waals surface area contributed by atoms with Gasteiger partial charge < -0.3 is 9.84 Å². The van der Waals surface area contributed by atoms with E-state index in [1.165, 1.54) is 23.1 Å². The van der Waals surface area contributed by atoms with Gasteiger partial charge in [-0.3, -0.25) is 14.5 Å². The van der Waals surface area contributed by atoms with Gasteiger partial charge >= 0.3 is 5.91 Å². The molecule has 0 bridgehead atoms. The molecule has 1 aliphatic rings. The summed E-state index contributed by atoms with van der Waals surface area (Å²) in [6.07, 6.45) is 0.807. The first kappa shape index (κ1) is 24.0. The Balaban J connectivity index is 1.70. The van der Waals surface area contributed by atoms with Gasteiger partial charge in [0.25, 0.3) is 5.78 Å². The van der Waals surface area contributed by atoms with Crippen molar-refractivity contribution in [3.63, 3.8) is 0 Å². The van der Waals surface area contributed by atoms with Crippen molar-refractivity contribution in [2.24, 2.45) is 0 Å². The Morgan fingerprint density at radius 2 is 1.92 bits per heavy atom. The average Bonchev–Trinajstić information content (AvgIpc) is 3.40. The van der Waals surface area contributed by atoms with Gasteiger partial charge in [-0.1, -0.05) is 42.0 Å². The Morgan fingerprint density at radius 1 is 1.14 bits per heavy atom. The van der Waals surface area contributed by atoms with Crippen LogP contribution in [0.15, 0.2) is 72.3 Å². The molecule has 4 aromatic rings. The van der Waals surface area contributed by atoms with E-state index in [1.54, 1.807) is 48.5 Å². The van der Waals surface area contributed by atoms with Crippen molar-refractivity contribution in [3.8, 4) is 5.75 Å². The zero-order chi connectivity index (χ0) is 25.4. The second-order valence-corrected chi connectivity index (χ2v) is 9.65. The van der Waals surface area contributed by atoms with Crippen LogP contribution in [0.5, 0.6) is 5.75 Å². The number of aromatic nitrogens is 1. The van der Waals surface area contributed by atoms with Gasteiger partial charge in [-0.25, -0.2) is 9.37 Å². The van der Waals surface area contributed by atoms with E-state index in [4.69, 9.17) is 16.3 Å². The molecule has 182 valence electrons. The van der Waals surface area contributed by atoms with E-state index in [0.29, 0.717) is 38.7 Å². The number of aliphatic hydroxyl groups is 1. The van der Waals surface area contributed by atoms with E-state index in [2.05, 4.69) is 4.98 Å². The summed E-state index contributed by atoms with van der Waals surface area (Å²) in [5, 5.41) is 11.9. The van der Waals surface area contributed by atoms with Crippen LogP contribution in [0.3, 0.4) is 0 Å². The molecule has 1 atom stereocenters. The summed E-state index contributed by atoms with van der Waals surface area (Å²) in [7, 11) is 0. The first-order valence-corrected chi connectivity index (χ1v) is 12.4. The summed E-state index contributed by atoms with van der Waals surface area (Å²) < 4.78 is 20.1. The van der Waals surface area contributed by atoms with E-state index < -0.39 is 23.5 Å². The first-order valence-electron chi connectivity index (χ1n) is 11.2. The van der Waals surface area contributed by atoms with Gasteiger partial charge in [-0.05, 0) is 66.6 Å². The van der Waals surface area contributed by atoms with Crippen molar-refractivity contribution in [2.45, 2.75) is 19.4 Å². The number of nitrogens with zero attached hydrogens (tertiary/aromatic N) is 2. The van der Waals surface area contributed by atoms with E-state index in [0.717, 1.165) is 17.8 Å². The molecule has 2 heterocycles. The third-order valence-corrected chi connectivity index (χ3v) is 7.02. The molecule has 1 unspecified atom stereocenters. The van der Waals surface area contributed by atoms with Crippen molar-refractivity contribution < 1.29 is 23.8 Å². The minimum absolute atomic E-state index is 0.0830. The fourth-order valence-electron chi connectivity index (χ4n) is 4.09. The van der Waals surface area contributed by atoms with Gasteiger partial charge in [0.2, 0.25) is 0 Å². The number of rotatable bonds is 6. The molecular weight excluding hydrogens is 503 g/mol. The number of hydrogen-bond acceptors (Lipinski definition) is 6. The highest BCUT2D eigenvalue weighted by Crippen LogP contribution is 2.45. The van der Waals surface area contributed by atoms with Gasteiger partial charge in [-0.2, -0.15) is 0 Å². The topological polar surface area (TPSA) is 79.7 Å². The van der Waals surface area contributed by atoms with Gasteiger partial charge in [0.1, 0.15) is 17.3 Å². The molecule has 1 aromatic heterocycles. The van der Waals surface area contributed by atoms with Crippen molar-refractivity contribution in [1.82, 2.24) is 4.98 Å². The van der Waals surface area contributed by atoms with Crippen LogP contribution >= 0.6 is 22.9 Å². The number of carbonyl (C=O) groups excluding carboxylic acids is 2. The average molecular weight is 523 g/mol. The van der Waals surface area contributed by atoms with E-state index in [9.17, 15) is 19.1 Å². The SMILES string of the molecule is CCCOc1cccc(C2C(=C(O)c3ccc(Cl)cc3)C(=O)C(=O)N2c2nc3ccc(F)cc3s2)c1. The lowest BCUT2D eigenvalue weighted by atomic mass is 9.95. The molecule has 1 fully saturated rings. The van der Waals surface area contributed by atoms with Crippen molar-refractivity contribution in [3.05, 3.63) is 94.3 Å². The van der Waals surface area contributed by atoms with Gasteiger partial charge in [0.15, 0.2) is 5.13 Å². The third-order valence-electron chi connectivity index (χ3n) is 5.75. The van der Waals surface area contributed by atoms with Crippen molar-refractivity contribution in [1.29, 1.82) is 0 Å². The standard InChI is InChI=1S/C27H20ClFN2O4S/c1-2-12-35-19-5-3-4-16(13-19)23-22(24(32)15-6-8-17(28)9-7-15)25(33)26(34)31(23)27-30-20-11-10-18(29)14-21(20)36-27/h3-11,13-14,23,32H,2,12H2,1H3. The Kier molecular flexibility index (Phi) is 6.47. The van der Waals surface area contributed by atoms with Crippen LogP contribution in [0.2, 0.25) is 5.02 Å². The molecule has 6 nitrogen and oxygen atoms in total. The van der Waals surface area contributed by atoms with Gasteiger partial charge in [0, 0.05) is 10.6 Å². The highest BCUT2D eigenvalue weighted by Gasteiger charge is 2.48. The molecular formula is C27H20ClFN2O4S. The number of fused-ring (bicyclic) bond motifs is 1. The molecule has 1 amide bonds. The highest BCUT2D eigenvalue weighted by molar-refractivity contribution is 7.22. The monoisotopic (exact) mass is 522 g/mol. The zero-order valence-electron chi connectivity index (χ0n) is 19.1. The first-order chi connectivity index (χ1) is 17.4. The molecule has 0 aliphatic carbocycles. The lowest BCUT2D eigenvalue weighted by Crippen LogP contribution is -2.29. The van der Waals surface area contributed by atoms with Crippen LogP contribution < -0.4 is 9.64 Å². The largest absolute Gasteiger partial charge is 0.507 e. The van der Waals surface area contributed by atoms with Crippen LogP contribution in [-0.4, -0.2) is 28.4 Å². The molecule has 3 aromatic carbocycles. The van der Waals surface area contributed by atoms with Crippen molar-refractivity contribution in [2.75, 3.05) is 11.5 Å². The molecule has 5 rings (SSSR count). The molecule has 9 heteroatoms. The molecule has 1 aliphatic heterocycles. The fraction of sp³-hybridized carbons (Fsp3) is 0.148. The molecule has 0 saturated carbocycles. The summed E-state index contributed by atoms with van der Waals surface area (Å²) in [6, 6.07) is 16.5. The van der Waals surface area contributed by atoms with Crippen LogP contribution in [0.4, 0.5) is 9.52 Å². The Hall–Kier alpha value is -3.75. The Morgan fingerprint density at radius 3 is 2.67 bits per heavy atom. The number of benzene rings is 3. The Bertz CT molecular complexity index is 1520. The fourth-order valence-corrected chi connectivity index (χ4v) is 5.24. The molecule has 36 heavy (non-hydrogen) atoms. The number of amides is 1. The number of Topliss-reactive ketones (excluding diaryl/α,β-unsaturated/α-hetero) is 1. The van der Waals surface area contributed by atoms with E-state index in [1.807, 2.05) is 6.92 Å². The second-order valence-electron chi connectivity index (χ2n) is 8.21. The number of anilines is 1. The number of carbonyl (C=O) groups is 2. The maximum Gasteiger partial charge on any atom is 0.301 e. The summed E-state index contributed by atoms with van der Waals surface area (Å²) >= 11 is 7.08. The number of aliphatic hydroxyl groups excluding tert-OH is 1. The lowest BCUT2D eigenvalue weighted by molar-refractivity contribution is -0.132. The third kappa shape index (κ3) is 4.34. The van der Waals surface area contributed by atoms with Crippen LogP contribution in [0.1, 0.15) is 30.5 Å². The molecule has 0 radical (unpaired) electrons. The summed E-state index contributed by atoms with van der Waals surface area (Å²) in [5.41, 5.74) is 1.31. The number of ketones is 1. The van der Waals surface area contributed by atoms with Gasteiger partial charge in [0.05, 0.1) is 28.4 Å². The maximum atomic E-state index is 13.8. The second kappa shape index (κ2) is 9.72. The quantitative estimate of drug-likeness (QED) is 0.177. The molecule has 1 N–H and O–H groups in total. The summed E-state index contributed by atoms with van der Waals surface area (Å²) in [5.74, 6) is -1.88. The number of thiazole rings is 1. The lowest BCUT2D eigenvalue weighted by Gasteiger charge is -2.23. The predicted octanol–water partition coefficient (Wildman–Crippen LogP) is 6.50. The van der Waals surface area contributed by atoms with Crippen molar-refractivity contribution >= 4 is 55.7 Å². The van der Waals surface area contributed by atoms with E-state index in [-0.39, 0.29) is 16.5 Å². The minimum atomic E-state index is -0.976. The van der Waals surface area contributed by atoms with E-state index >= 15 is 0 Å². The summed E-state index contributed by atoms with van der Waals surface area (Å²) in [6.45, 7) is 2.48. The number of ether oxygens (including phenoxy) is 1. The smallest absolute Gasteiger partial charge is 0.301 e. The highest BCUT2D eigenvalue weighted by atomic mass is 35.5. The Labute approximate surface area is 215 Å². The van der Waals surface area contributed by atoms with Crippen LogP contribution in [-0.2, 0) is 9.59 Å².